The van der Waals surface area contributed by atoms with Gasteiger partial charge in [0.25, 0.3) is 0 Å². The van der Waals surface area contributed by atoms with E-state index in [4.69, 9.17) is 33.4 Å². The van der Waals surface area contributed by atoms with Crippen LogP contribution in [0, 0.1) is 53.3 Å². The van der Waals surface area contributed by atoms with E-state index in [2.05, 4.69) is 30.7 Å². The Kier molecular flexibility index (Phi) is 18.5. The third kappa shape index (κ3) is 13.3. The third-order valence-electron chi connectivity index (χ3n) is 20.6. The number of methoxy groups -OCH3 is 2. The monoisotopic (exact) mass is 1180 g/mol. The maximum Gasteiger partial charge on any atom is 0.328 e. The molecule has 12 rings (SSSR count). The molecule has 2 aromatic carbocycles. The summed E-state index contributed by atoms with van der Waals surface area (Å²) in [5.74, 6) is 4.97. The van der Waals surface area contributed by atoms with Gasteiger partial charge in [0.1, 0.15) is 36.5 Å². The van der Waals surface area contributed by atoms with Gasteiger partial charge in [-0.3, -0.25) is 24.0 Å². The molecule has 86 heavy (non-hydrogen) atoms. The number of aromatic nitrogens is 2. The van der Waals surface area contributed by atoms with Crippen molar-refractivity contribution in [3.05, 3.63) is 75.4 Å². The molecule has 4 aromatic rings. The molecular weight excluding hydrogens is 1090 g/mol. The van der Waals surface area contributed by atoms with Crippen molar-refractivity contribution in [2.24, 2.45) is 34.5 Å². The number of carbonyl (C=O) groups is 6. The first-order chi connectivity index (χ1) is 41.5. The van der Waals surface area contributed by atoms with Gasteiger partial charge in [0.2, 0.25) is 17.7 Å². The number of rotatable bonds is 4. The maximum absolute atomic E-state index is 14.5. The van der Waals surface area contributed by atoms with Crippen molar-refractivity contribution in [3.63, 3.8) is 0 Å². The van der Waals surface area contributed by atoms with Gasteiger partial charge in [0.15, 0.2) is 11.3 Å². The van der Waals surface area contributed by atoms with Gasteiger partial charge >= 0.3 is 23.9 Å². The zero-order valence-corrected chi connectivity index (χ0v) is 50.9. The number of hydrogen-bond donors (Lipinski definition) is 1. The Morgan fingerprint density at radius 1 is 0.628 bits per heavy atom. The van der Waals surface area contributed by atoms with Crippen LogP contribution in [-0.4, -0.2) is 119 Å². The summed E-state index contributed by atoms with van der Waals surface area (Å²) in [4.78, 5) is 107. The highest BCUT2D eigenvalue weighted by molar-refractivity contribution is 5.91. The molecule has 4 aliphatic heterocycles. The van der Waals surface area contributed by atoms with E-state index in [1.54, 1.807) is 9.80 Å². The van der Waals surface area contributed by atoms with E-state index >= 15 is 0 Å². The molecule has 17 nitrogen and oxygen atoms in total. The van der Waals surface area contributed by atoms with E-state index in [1.807, 2.05) is 55.5 Å². The summed E-state index contributed by atoms with van der Waals surface area (Å²) in [7, 11) is 2.66. The summed E-state index contributed by atoms with van der Waals surface area (Å²) in [6.45, 7) is 6.63. The van der Waals surface area contributed by atoms with Crippen molar-refractivity contribution in [3.8, 4) is 23.6 Å². The lowest BCUT2D eigenvalue weighted by Gasteiger charge is -2.41. The molecule has 2 saturated heterocycles. The van der Waals surface area contributed by atoms with Crippen LogP contribution in [0.2, 0.25) is 0 Å². The number of nitrogens with zero attached hydrogens (tertiary/aromatic N) is 3. The number of aromatic amines is 1. The summed E-state index contributed by atoms with van der Waals surface area (Å²) in [6, 6.07) is 13.7. The van der Waals surface area contributed by atoms with Crippen LogP contribution in [0.5, 0.6) is 11.8 Å². The molecule has 8 aliphatic rings. The molecule has 0 radical (unpaired) electrons. The lowest BCUT2D eigenvalue weighted by Crippen LogP contribution is -2.49. The predicted octanol–water partition coefficient (Wildman–Crippen LogP) is 10.6. The van der Waals surface area contributed by atoms with Crippen molar-refractivity contribution >= 4 is 57.5 Å². The fourth-order valence-corrected chi connectivity index (χ4v) is 15.1. The van der Waals surface area contributed by atoms with Gasteiger partial charge in [-0.15, -0.1) is 0 Å². The fourth-order valence-electron chi connectivity index (χ4n) is 15.1. The number of fused-ring (bicyclic) bond motifs is 10. The van der Waals surface area contributed by atoms with Crippen molar-refractivity contribution in [2.75, 3.05) is 27.3 Å². The lowest BCUT2D eigenvalue weighted by atomic mass is 9.65. The van der Waals surface area contributed by atoms with E-state index in [9.17, 15) is 33.6 Å². The Labute approximate surface area is 504 Å². The zero-order valence-electron chi connectivity index (χ0n) is 50.9. The average molecular weight is 1180 g/mol. The number of ether oxygens (including phenoxy) is 6. The molecule has 4 aliphatic carbocycles. The number of hydrogen-bond acceptors (Lipinski definition) is 14. The van der Waals surface area contributed by atoms with E-state index in [0.29, 0.717) is 46.5 Å². The predicted molar refractivity (Wildman–Crippen MR) is 322 cm³/mol. The maximum atomic E-state index is 14.5. The van der Waals surface area contributed by atoms with Crippen LogP contribution in [0.1, 0.15) is 178 Å². The van der Waals surface area contributed by atoms with Gasteiger partial charge in [-0.05, 0) is 124 Å². The zero-order chi connectivity index (χ0) is 60.3. The topological polar surface area (TPSA) is 210 Å². The number of H-pyrrole nitrogens is 1. The first-order valence-corrected chi connectivity index (χ1v) is 32.1. The Bertz CT molecular complexity index is 3330. The second kappa shape index (κ2) is 26.2. The number of carbonyl (C=O) groups excluding carboxylic acids is 6. The summed E-state index contributed by atoms with van der Waals surface area (Å²) in [5.41, 5.74) is 3.07. The molecule has 6 heterocycles. The van der Waals surface area contributed by atoms with Gasteiger partial charge in [-0.25, -0.2) is 14.6 Å². The van der Waals surface area contributed by atoms with E-state index < -0.39 is 48.1 Å². The first kappa shape index (κ1) is 60.7. The van der Waals surface area contributed by atoms with Crippen molar-refractivity contribution in [1.29, 1.82) is 0 Å². The van der Waals surface area contributed by atoms with Crippen LogP contribution < -0.4 is 14.9 Å². The minimum atomic E-state index is -0.835. The lowest BCUT2D eigenvalue weighted by molar-refractivity contribution is -0.159. The molecule has 10 atom stereocenters. The van der Waals surface area contributed by atoms with E-state index in [-0.39, 0.29) is 91.0 Å². The molecule has 460 valence electrons. The number of aryl methyl sites for hydroxylation is 1. The smallest absolute Gasteiger partial charge is 0.328 e. The second-order valence-corrected chi connectivity index (χ2v) is 26.5. The number of esters is 4. The normalized spacial score (nSPS) is 29.5. The quantitative estimate of drug-likeness (QED) is 0.115. The molecule has 0 spiro atoms. The SMILES string of the molecule is COC(=O)[C@@H]1C[C@@H]2CN1C(=O)[C@H](C1(C)CCCCC1)CC(=O)O[C@@H]1C[C@H]1CCCC#Cc1c(nc3ccccc3c1C)O2.COC(=O)[C@@H]1C[C@@H]2CN1C(=O)[C@H](C1(C)CCCCC1)CC(=O)O[C@@H]1C[C@H]1CCCCCc1c([nH]c3ccccc3c1=O)O2. The largest absolute Gasteiger partial charge is 0.473 e. The van der Waals surface area contributed by atoms with Crippen LogP contribution in [-0.2, 0) is 54.1 Å². The Morgan fingerprint density at radius 2 is 1.15 bits per heavy atom. The standard InChI is InChI=1S/C35H42N2O6.C34H44N2O7/c1-22-25-13-8-9-15-28(25)36-32-26(22)14-7-4-6-12-23-18-30(23)43-31(38)20-27(35(2)16-10-5-11-17-35)33(39)37-21-24(42-32)19-29(37)34(40)41-3;1-34(15-9-4-10-16-34)25-19-29(37)43-28-17-21(28)11-5-3-6-13-24-30(38)23-12-7-8-14-26(23)35-31(24)42-22-18-27(33(40)41-2)36(20-22)32(25)39/h8-9,13,15,23-24,27,29-30H,4-6,10-12,16-21H2,1-3H3;7-8,12,14,21-22,25,27-28H,3-6,9-11,13,15-20H2,1-2H3,(H,35,38)/t23-,24-,27-,29+,30-;21-,22-,25-,27+,28-/m11/s1. The van der Waals surface area contributed by atoms with Crippen LogP contribution >= 0.6 is 0 Å². The van der Waals surface area contributed by atoms with Crippen LogP contribution in [0.25, 0.3) is 21.8 Å². The van der Waals surface area contributed by atoms with Crippen LogP contribution in [0.4, 0.5) is 0 Å². The van der Waals surface area contributed by atoms with Crippen LogP contribution in [0.15, 0.2) is 53.3 Å². The molecule has 2 amide bonds. The summed E-state index contributed by atoms with van der Waals surface area (Å²) >= 11 is 0. The molecule has 0 unspecified atom stereocenters. The number of benzene rings is 2. The van der Waals surface area contributed by atoms with Gasteiger partial charge in [0, 0.05) is 30.0 Å². The molecule has 2 aromatic heterocycles. The number of pyridine rings is 2. The molecule has 4 bridgehead atoms. The van der Waals surface area contributed by atoms with Crippen molar-refractivity contribution in [1.82, 2.24) is 19.8 Å². The van der Waals surface area contributed by atoms with Crippen molar-refractivity contribution in [2.45, 2.75) is 211 Å². The van der Waals surface area contributed by atoms with Gasteiger partial charge in [-0.2, -0.15) is 0 Å². The number of para-hydroxylation sites is 2. The Balaban J connectivity index is 0.000000179. The first-order valence-electron chi connectivity index (χ1n) is 32.1. The summed E-state index contributed by atoms with van der Waals surface area (Å²) in [5, 5.41) is 1.64. The minimum absolute atomic E-state index is 0.0105. The molecule has 6 fully saturated rings. The summed E-state index contributed by atoms with van der Waals surface area (Å²) in [6.07, 6.45) is 17.7. The number of nitrogens with one attached hydrogen (secondary N) is 1. The summed E-state index contributed by atoms with van der Waals surface area (Å²) < 4.78 is 35.1. The van der Waals surface area contributed by atoms with Gasteiger partial charge in [-0.1, -0.05) is 107 Å². The van der Waals surface area contributed by atoms with Crippen LogP contribution in [0.3, 0.4) is 0 Å². The molecule has 17 heteroatoms. The molecular formula is C69H86N4O13. The Hall–Kier alpha value is -6.96. The van der Waals surface area contributed by atoms with Gasteiger partial charge in [0.05, 0.1) is 74.1 Å². The highest BCUT2D eigenvalue weighted by atomic mass is 16.6. The van der Waals surface area contributed by atoms with E-state index in [0.717, 1.165) is 144 Å². The Morgan fingerprint density at radius 3 is 1.73 bits per heavy atom. The average Bonchev–Trinajstić information content (AvgIpc) is 2.00. The van der Waals surface area contributed by atoms with Gasteiger partial charge < -0.3 is 43.2 Å². The minimum Gasteiger partial charge on any atom is -0.473 e. The molecule has 4 saturated carbocycles. The second-order valence-electron chi connectivity index (χ2n) is 26.5. The fraction of sp³-hybridized carbons (Fsp3) is 0.623. The highest BCUT2D eigenvalue weighted by Gasteiger charge is 2.52. The molecule has 1 N–H and O–H groups in total. The van der Waals surface area contributed by atoms with E-state index in [1.165, 1.54) is 14.2 Å². The highest BCUT2D eigenvalue weighted by Crippen LogP contribution is 2.49. The number of amides is 2. The third-order valence-corrected chi connectivity index (χ3v) is 20.6. The van der Waals surface area contributed by atoms with Crippen molar-refractivity contribution < 1.29 is 57.2 Å².